The lowest BCUT2D eigenvalue weighted by molar-refractivity contribution is 1.19. The van der Waals surface area contributed by atoms with Crippen molar-refractivity contribution in [1.29, 1.82) is 0 Å². The first-order chi connectivity index (χ1) is 15.9. The Kier molecular flexibility index (Phi) is 4.40. The van der Waals surface area contributed by atoms with Gasteiger partial charge in [-0.3, -0.25) is 4.98 Å². The predicted molar refractivity (Wildman–Crippen MR) is 132 cm³/mol. The van der Waals surface area contributed by atoms with Gasteiger partial charge in [-0.15, -0.1) is 0 Å². The molecule has 3 aromatic heterocycles. The van der Waals surface area contributed by atoms with Crippen LogP contribution in [-0.2, 0) is 0 Å². The Balaban J connectivity index is 1.53. The SMILES string of the molecule is C(=C\c1nc(-c2c[nH]c3ccccc23)cnc1-c1c[nH]c2ccccc12)/c1ccccc1. The van der Waals surface area contributed by atoms with E-state index in [1.165, 1.54) is 0 Å². The van der Waals surface area contributed by atoms with Crippen molar-refractivity contribution < 1.29 is 0 Å². The zero-order valence-electron chi connectivity index (χ0n) is 17.3. The molecule has 0 saturated carbocycles. The first-order valence-corrected chi connectivity index (χ1v) is 10.6. The third kappa shape index (κ3) is 3.19. The van der Waals surface area contributed by atoms with Gasteiger partial charge in [0, 0.05) is 45.3 Å². The lowest BCUT2D eigenvalue weighted by Crippen LogP contribution is -1.95. The maximum atomic E-state index is 5.06. The quantitative estimate of drug-likeness (QED) is 0.329. The molecule has 0 saturated heterocycles. The van der Waals surface area contributed by atoms with Gasteiger partial charge in [-0.2, -0.15) is 0 Å². The van der Waals surface area contributed by atoms with Gasteiger partial charge in [0.2, 0.25) is 0 Å². The minimum atomic E-state index is 0.835. The molecule has 32 heavy (non-hydrogen) atoms. The molecule has 0 aliphatic carbocycles. The lowest BCUT2D eigenvalue weighted by Gasteiger charge is -2.07. The molecule has 4 heteroatoms. The van der Waals surface area contributed by atoms with E-state index in [2.05, 4.69) is 58.5 Å². The van der Waals surface area contributed by atoms with Crippen molar-refractivity contribution in [3.63, 3.8) is 0 Å². The van der Waals surface area contributed by atoms with Crippen LogP contribution < -0.4 is 0 Å². The summed E-state index contributed by atoms with van der Waals surface area (Å²) in [6.45, 7) is 0. The second kappa shape index (κ2) is 7.67. The molecule has 3 heterocycles. The molecule has 0 unspecified atom stereocenters. The Labute approximate surface area is 185 Å². The molecule has 152 valence electrons. The topological polar surface area (TPSA) is 57.4 Å². The molecule has 6 rings (SSSR count). The monoisotopic (exact) mass is 412 g/mol. The Morgan fingerprint density at radius 1 is 0.625 bits per heavy atom. The summed E-state index contributed by atoms with van der Waals surface area (Å²) in [4.78, 5) is 16.7. The second-order valence-corrected chi connectivity index (χ2v) is 7.73. The number of benzene rings is 3. The normalized spacial score (nSPS) is 11.6. The van der Waals surface area contributed by atoms with Gasteiger partial charge in [-0.05, 0) is 23.8 Å². The fourth-order valence-corrected chi connectivity index (χ4v) is 4.15. The average molecular weight is 412 g/mol. The predicted octanol–water partition coefficient (Wildman–Crippen LogP) is 6.94. The van der Waals surface area contributed by atoms with Crippen LogP contribution in [0, 0.1) is 0 Å². The summed E-state index contributed by atoms with van der Waals surface area (Å²) in [5, 5.41) is 2.27. The van der Waals surface area contributed by atoms with Gasteiger partial charge in [0.15, 0.2) is 0 Å². The van der Waals surface area contributed by atoms with Gasteiger partial charge in [0.05, 0.1) is 23.3 Å². The zero-order valence-corrected chi connectivity index (χ0v) is 17.3. The summed E-state index contributed by atoms with van der Waals surface area (Å²) in [7, 11) is 0. The van der Waals surface area contributed by atoms with E-state index in [4.69, 9.17) is 9.97 Å². The number of aromatic nitrogens is 4. The van der Waals surface area contributed by atoms with Crippen LogP contribution in [0.2, 0.25) is 0 Å². The summed E-state index contributed by atoms with van der Waals surface area (Å²) in [5.41, 5.74) is 7.93. The van der Waals surface area contributed by atoms with Gasteiger partial charge in [-0.25, -0.2) is 4.98 Å². The molecule has 0 amide bonds. The van der Waals surface area contributed by atoms with Crippen molar-refractivity contribution in [1.82, 2.24) is 19.9 Å². The van der Waals surface area contributed by atoms with E-state index in [-0.39, 0.29) is 0 Å². The van der Waals surface area contributed by atoms with E-state index in [9.17, 15) is 0 Å². The molecule has 0 aliphatic heterocycles. The highest BCUT2D eigenvalue weighted by atomic mass is 14.8. The number of hydrogen-bond donors (Lipinski definition) is 2. The summed E-state index contributed by atoms with van der Waals surface area (Å²) < 4.78 is 0. The van der Waals surface area contributed by atoms with Crippen molar-refractivity contribution >= 4 is 34.0 Å². The maximum absolute atomic E-state index is 5.06. The lowest BCUT2D eigenvalue weighted by atomic mass is 10.1. The highest BCUT2D eigenvalue weighted by Crippen LogP contribution is 2.33. The highest BCUT2D eigenvalue weighted by Gasteiger charge is 2.15. The van der Waals surface area contributed by atoms with Crippen molar-refractivity contribution in [2.24, 2.45) is 0 Å². The van der Waals surface area contributed by atoms with Gasteiger partial charge in [-0.1, -0.05) is 72.8 Å². The number of nitrogens with zero attached hydrogens (tertiary/aromatic N) is 2. The van der Waals surface area contributed by atoms with Crippen LogP contribution >= 0.6 is 0 Å². The Morgan fingerprint density at radius 2 is 1.25 bits per heavy atom. The smallest absolute Gasteiger partial charge is 0.0980 e. The van der Waals surface area contributed by atoms with Crippen molar-refractivity contribution in [3.8, 4) is 22.5 Å². The van der Waals surface area contributed by atoms with E-state index < -0.39 is 0 Å². The Morgan fingerprint density at radius 3 is 2.00 bits per heavy atom. The van der Waals surface area contributed by atoms with E-state index in [0.717, 1.165) is 55.6 Å². The van der Waals surface area contributed by atoms with E-state index in [1.807, 2.05) is 61.1 Å². The molecule has 0 bridgehead atoms. The van der Waals surface area contributed by atoms with E-state index in [1.54, 1.807) is 0 Å². The largest absolute Gasteiger partial charge is 0.360 e. The standard InChI is InChI=1S/C28H20N4/c1-2-8-19(9-3-1)14-15-26-28(23-17-30-25-13-7-5-11-21(23)25)31-18-27(32-26)22-16-29-24-12-6-4-10-20(22)24/h1-18,29-30H/b15-14+. The molecular weight excluding hydrogens is 392 g/mol. The summed E-state index contributed by atoms with van der Waals surface area (Å²) >= 11 is 0. The molecular formula is C28H20N4. The molecule has 0 radical (unpaired) electrons. The summed E-state index contributed by atoms with van der Waals surface area (Å²) in [6, 6.07) is 26.8. The highest BCUT2D eigenvalue weighted by molar-refractivity contribution is 5.98. The van der Waals surface area contributed by atoms with Crippen molar-refractivity contribution in [3.05, 3.63) is 109 Å². The summed E-state index contributed by atoms with van der Waals surface area (Å²) in [6.07, 6.45) is 10.0. The molecule has 4 nitrogen and oxygen atoms in total. The fraction of sp³-hybridized carbons (Fsp3) is 0. The minimum Gasteiger partial charge on any atom is -0.360 e. The van der Waals surface area contributed by atoms with E-state index >= 15 is 0 Å². The minimum absolute atomic E-state index is 0.835. The molecule has 3 aromatic carbocycles. The van der Waals surface area contributed by atoms with Crippen LogP contribution in [0.15, 0.2) is 97.5 Å². The summed E-state index contributed by atoms with van der Waals surface area (Å²) in [5.74, 6) is 0. The molecule has 2 N–H and O–H groups in total. The van der Waals surface area contributed by atoms with Crippen LogP contribution in [0.3, 0.4) is 0 Å². The van der Waals surface area contributed by atoms with Gasteiger partial charge in [0.25, 0.3) is 0 Å². The van der Waals surface area contributed by atoms with Crippen molar-refractivity contribution in [2.45, 2.75) is 0 Å². The number of aromatic amines is 2. The fourth-order valence-electron chi connectivity index (χ4n) is 4.15. The van der Waals surface area contributed by atoms with Crippen LogP contribution in [-0.4, -0.2) is 19.9 Å². The van der Waals surface area contributed by atoms with E-state index in [0.29, 0.717) is 0 Å². The zero-order chi connectivity index (χ0) is 21.3. The van der Waals surface area contributed by atoms with Gasteiger partial charge >= 0.3 is 0 Å². The number of hydrogen-bond acceptors (Lipinski definition) is 2. The van der Waals surface area contributed by atoms with Gasteiger partial charge in [0.1, 0.15) is 0 Å². The molecule has 0 fully saturated rings. The number of para-hydroxylation sites is 2. The first kappa shape index (κ1) is 18.3. The van der Waals surface area contributed by atoms with Gasteiger partial charge < -0.3 is 9.97 Å². The molecule has 6 aromatic rings. The number of nitrogens with one attached hydrogen (secondary N) is 2. The third-order valence-electron chi connectivity index (χ3n) is 5.74. The molecule has 0 atom stereocenters. The first-order valence-electron chi connectivity index (χ1n) is 10.6. The molecule has 0 aliphatic rings. The Bertz CT molecular complexity index is 1570. The Hall–Kier alpha value is -4.44. The van der Waals surface area contributed by atoms with Crippen LogP contribution in [0.1, 0.15) is 11.3 Å². The number of H-pyrrole nitrogens is 2. The second-order valence-electron chi connectivity index (χ2n) is 7.73. The maximum Gasteiger partial charge on any atom is 0.0980 e. The number of fused-ring (bicyclic) bond motifs is 2. The molecule has 0 spiro atoms. The van der Waals surface area contributed by atoms with Crippen molar-refractivity contribution in [2.75, 3.05) is 0 Å². The van der Waals surface area contributed by atoms with Crippen LogP contribution in [0.25, 0.3) is 56.5 Å². The average Bonchev–Trinajstić information content (AvgIpc) is 3.48. The third-order valence-corrected chi connectivity index (χ3v) is 5.74. The van der Waals surface area contributed by atoms with Crippen LogP contribution in [0.4, 0.5) is 0 Å². The number of rotatable bonds is 4. The van der Waals surface area contributed by atoms with Crippen LogP contribution in [0.5, 0.6) is 0 Å².